The summed E-state index contributed by atoms with van der Waals surface area (Å²) in [7, 11) is 0. The van der Waals surface area contributed by atoms with E-state index in [2.05, 4.69) is 5.32 Å². The second-order valence-corrected chi connectivity index (χ2v) is 6.58. The molecule has 0 unspecified atom stereocenters. The maximum absolute atomic E-state index is 12.2. The summed E-state index contributed by atoms with van der Waals surface area (Å²) in [5.74, 6) is 0.988. The Bertz CT molecular complexity index is 846. The second-order valence-electron chi connectivity index (χ2n) is 6.58. The molecule has 1 N–H and O–H groups in total. The normalized spacial score (nSPS) is 13.5. The zero-order valence-corrected chi connectivity index (χ0v) is 16.3. The number of likely N-dealkylation sites (tertiary alicyclic amines) is 1. The highest BCUT2D eigenvalue weighted by atomic mass is 16.5. The Labute approximate surface area is 169 Å². The lowest BCUT2D eigenvalue weighted by Gasteiger charge is -2.14. The highest BCUT2D eigenvalue weighted by Crippen LogP contribution is 2.18. The van der Waals surface area contributed by atoms with Gasteiger partial charge in [-0.1, -0.05) is 12.1 Å². The Morgan fingerprint density at radius 3 is 2.10 bits per heavy atom. The molecule has 2 aromatic carbocycles. The van der Waals surface area contributed by atoms with Gasteiger partial charge < -0.3 is 14.8 Å². The zero-order valence-electron chi connectivity index (χ0n) is 16.3. The summed E-state index contributed by atoms with van der Waals surface area (Å²) in [5.41, 5.74) is 1.32. The van der Waals surface area contributed by atoms with Crippen LogP contribution in [0.25, 0.3) is 0 Å². The molecule has 0 bridgehead atoms. The van der Waals surface area contributed by atoms with E-state index in [1.54, 1.807) is 24.3 Å². The standard InChI is InChI=1S/C22H24N2O5/c1-2-28-18-7-9-19(10-8-18)29-14-13-23-22(27)17-5-3-16(4-6-17)15-24-20(25)11-12-21(24)26/h3-10H,2,11-15H2,1H3,(H,23,27). The predicted octanol–water partition coefficient (Wildman–Crippen LogP) is 2.54. The van der Waals surface area contributed by atoms with Crippen molar-refractivity contribution in [2.45, 2.75) is 26.3 Å². The van der Waals surface area contributed by atoms with Gasteiger partial charge in [-0.3, -0.25) is 19.3 Å². The van der Waals surface area contributed by atoms with Crippen LogP contribution in [-0.4, -0.2) is 42.4 Å². The first-order chi connectivity index (χ1) is 14.1. The van der Waals surface area contributed by atoms with Gasteiger partial charge in [-0.2, -0.15) is 0 Å². The largest absolute Gasteiger partial charge is 0.494 e. The average Bonchev–Trinajstić information content (AvgIpc) is 3.05. The summed E-state index contributed by atoms with van der Waals surface area (Å²) in [4.78, 5) is 36.9. The number of benzene rings is 2. The van der Waals surface area contributed by atoms with Crippen molar-refractivity contribution in [1.29, 1.82) is 0 Å². The van der Waals surface area contributed by atoms with Gasteiger partial charge in [-0.25, -0.2) is 0 Å². The monoisotopic (exact) mass is 396 g/mol. The Balaban J connectivity index is 1.42. The number of hydrogen-bond acceptors (Lipinski definition) is 5. The Morgan fingerprint density at radius 2 is 1.52 bits per heavy atom. The Hall–Kier alpha value is -3.35. The lowest BCUT2D eigenvalue weighted by molar-refractivity contribution is -0.139. The van der Waals surface area contributed by atoms with Crippen molar-refractivity contribution in [2.75, 3.05) is 19.8 Å². The third-order valence-electron chi connectivity index (χ3n) is 4.50. The van der Waals surface area contributed by atoms with E-state index in [0.717, 1.165) is 11.3 Å². The van der Waals surface area contributed by atoms with Gasteiger partial charge in [0.15, 0.2) is 0 Å². The topological polar surface area (TPSA) is 84.9 Å². The number of nitrogens with zero attached hydrogens (tertiary/aromatic N) is 1. The number of ether oxygens (including phenoxy) is 2. The van der Waals surface area contributed by atoms with Gasteiger partial charge in [0.25, 0.3) is 5.91 Å². The molecule has 2 aromatic rings. The third-order valence-corrected chi connectivity index (χ3v) is 4.50. The third kappa shape index (κ3) is 5.57. The van der Waals surface area contributed by atoms with Crippen LogP contribution in [0, 0.1) is 0 Å². The molecule has 1 fully saturated rings. The first-order valence-electron chi connectivity index (χ1n) is 9.63. The van der Waals surface area contributed by atoms with Crippen LogP contribution >= 0.6 is 0 Å². The average molecular weight is 396 g/mol. The van der Waals surface area contributed by atoms with Crippen LogP contribution in [-0.2, 0) is 16.1 Å². The number of hydrogen-bond donors (Lipinski definition) is 1. The van der Waals surface area contributed by atoms with E-state index in [-0.39, 0.29) is 37.1 Å². The number of carbonyl (C=O) groups excluding carboxylic acids is 3. The summed E-state index contributed by atoms with van der Waals surface area (Å²) in [6.45, 7) is 3.49. The van der Waals surface area contributed by atoms with Gasteiger partial charge in [0.05, 0.1) is 19.7 Å². The summed E-state index contributed by atoms with van der Waals surface area (Å²) in [5, 5.41) is 2.80. The first kappa shape index (κ1) is 20.4. The van der Waals surface area contributed by atoms with E-state index in [1.807, 2.05) is 31.2 Å². The molecule has 0 spiro atoms. The van der Waals surface area contributed by atoms with Crippen molar-refractivity contribution < 1.29 is 23.9 Å². The van der Waals surface area contributed by atoms with Crippen molar-refractivity contribution >= 4 is 17.7 Å². The molecule has 1 heterocycles. The first-order valence-corrected chi connectivity index (χ1v) is 9.63. The van der Waals surface area contributed by atoms with Crippen LogP contribution in [0.5, 0.6) is 11.5 Å². The van der Waals surface area contributed by atoms with Crippen LogP contribution in [0.1, 0.15) is 35.7 Å². The fourth-order valence-electron chi connectivity index (χ4n) is 2.98. The SMILES string of the molecule is CCOc1ccc(OCCNC(=O)c2ccc(CN3C(=O)CCC3=O)cc2)cc1. The summed E-state index contributed by atoms with van der Waals surface area (Å²) in [6, 6.07) is 14.2. The van der Waals surface area contributed by atoms with Crippen LogP contribution in [0.2, 0.25) is 0 Å². The predicted molar refractivity (Wildman–Crippen MR) is 107 cm³/mol. The maximum atomic E-state index is 12.2. The van der Waals surface area contributed by atoms with Crippen molar-refractivity contribution in [1.82, 2.24) is 10.2 Å². The number of nitrogens with one attached hydrogen (secondary N) is 1. The lowest BCUT2D eigenvalue weighted by Crippen LogP contribution is -2.29. The van der Waals surface area contributed by atoms with Crippen LogP contribution in [0.3, 0.4) is 0 Å². The van der Waals surface area contributed by atoms with Gasteiger partial charge in [0.2, 0.25) is 11.8 Å². The van der Waals surface area contributed by atoms with Gasteiger partial charge in [-0.15, -0.1) is 0 Å². The summed E-state index contributed by atoms with van der Waals surface area (Å²) >= 11 is 0. The molecular formula is C22H24N2O5. The molecule has 0 aromatic heterocycles. The van der Waals surface area contributed by atoms with Crippen molar-refractivity contribution in [3.63, 3.8) is 0 Å². The molecule has 3 amide bonds. The highest BCUT2D eigenvalue weighted by Gasteiger charge is 2.28. The van der Waals surface area contributed by atoms with Gasteiger partial charge in [0, 0.05) is 18.4 Å². The van der Waals surface area contributed by atoms with E-state index in [9.17, 15) is 14.4 Å². The molecule has 1 saturated heterocycles. The molecule has 1 aliphatic heterocycles. The van der Waals surface area contributed by atoms with Gasteiger partial charge in [0.1, 0.15) is 18.1 Å². The molecule has 7 heteroatoms. The molecule has 3 rings (SSSR count). The smallest absolute Gasteiger partial charge is 0.251 e. The minimum Gasteiger partial charge on any atom is -0.494 e. The molecule has 0 aliphatic carbocycles. The Kier molecular flexibility index (Phi) is 6.84. The molecule has 0 atom stereocenters. The second kappa shape index (κ2) is 9.73. The number of carbonyl (C=O) groups is 3. The highest BCUT2D eigenvalue weighted by molar-refractivity contribution is 6.01. The van der Waals surface area contributed by atoms with Gasteiger partial charge in [-0.05, 0) is 48.9 Å². The number of imide groups is 1. The summed E-state index contributed by atoms with van der Waals surface area (Å²) < 4.78 is 11.0. The fraction of sp³-hybridized carbons (Fsp3) is 0.318. The summed E-state index contributed by atoms with van der Waals surface area (Å²) in [6.07, 6.45) is 0.552. The van der Waals surface area contributed by atoms with E-state index in [1.165, 1.54) is 4.90 Å². The maximum Gasteiger partial charge on any atom is 0.251 e. The minimum absolute atomic E-state index is 0.149. The van der Waals surface area contributed by atoms with Crippen LogP contribution in [0.4, 0.5) is 0 Å². The lowest BCUT2D eigenvalue weighted by atomic mass is 10.1. The van der Waals surface area contributed by atoms with Crippen molar-refractivity contribution in [2.24, 2.45) is 0 Å². The van der Waals surface area contributed by atoms with E-state index >= 15 is 0 Å². The molecule has 29 heavy (non-hydrogen) atoms. The molecule has 7 nitrogen and oxygen atoms in total. The number of rotatable bonds is 9. The van der Waals surface area contributed by atoms with E-state index in [0.29, 0.717) is 31.1 Å². The van der Waals surface area contributed by atoms with E-state index < -0.39 is 0 Å². The molecule has 1 aliphatic rings. The molecule has 152 valence electrons. The molecule has 0 radical (unpaired) electrons. The van der Waals surface area contributed by atoms with Crippen LogP contribution < -0.4 is 14.8 Å². The molecular weight excluding hydrogens is 372 g/mol. The quantitative estimate of drug-likeness (QED) is 0.520. The minimum atomic E-state index is -0.208. The Morgan fingerprint density at radius 1 is 0.931 bits per heavy atom. The van der Waals surface area contributed by atoms with Crippen molar-refractivity contribution in [3.8, 4) is 11.5 Å². The zero-order chi connectivity index (χ0) is 20.6. The van der Waals surface area contributed by atoms with Gasteiger partial charge >= 0.3 is 0 Å². The molecule has 0 saturated carbocycles. The van der Waals surface area contributed by atoms with Crippen LogP contribution in [0.15, 0.2) is 48.5 Å². The van der Waals surface area contributed by atoms with Crippen molar-refractivity contribution in [3.05, 3.63) is 59.7 Å². The fourth-order valence-corrected chi connectivity index (χ4v) is 2.98. The number of amides is 3. The van der Waals surface area contributed by atoms with E-state index in [4.69, 9.17) is 9.47 Å².